The molecule has 3 amide bonds. The quantitative estimate of drug-likeness (QED) is 0.850. The second kappa shape index (κ2) is 6.90. The van der Waals surface area contributed by atoms with Crippen molar-refractivity contribution in [2.24, 2.45) is 5.10 Å². The van der Waals surface area contributed by atoms with Gasteiger partial charge in [-0.05, 0) is 42.5 Å². The van der Waals surface area contributed by atoms with Crippen molar-refractivity contribution in [3.63, 3.8) is 0 Å². The minimum absolute atomic E-state index is 0.0362. The molecule has 7 heteroatoms. The van der Waals surface area contributed by atoms with Crippen molar-refractivity contribution in [2.45, 2.75) is 32.1 Å². The zero-order valence-electron chi connectivity index (χ0n) is 14.7. The first-order chi connectivity index (χ1) is 12.6. The van der Waals surface area contributed by atoms with Crippen LogP contribution in [0.3, 0.4) is 0 Å². The number of hydrogen-bond donors (Lipinski definition) is 1. The molecule has 26 heavy (non-hydrogen) atoms. The van der Waals surface area contributed by atoms with Gasteiger partial charge in [0.15, 0.2) is 0 Å². The van der Waals surface area contributed by atoms with Crippen molar-refractivity contribution in [1.29, 1.82) is 0 Å². The van der Waals surface area contributed by atoms with Crippen LogP contribution in [-0.4, -0.2) is 59.4 Å². The number of hydrazone groups is 1. The lowest BCUT2D eigenvalue weighted by atomic mass is 10.1. The Morgan fingerprint density at radius 2 is 1.58 bits per heavy atom. The fraction of sp³-hybridized carbons (Fsp3) is 0.474. The van der Waals surface area contributed by atoms with Gasteiger partial charge in [-0.3, -0.25) is 14.4 Å². The van der Waals surface area contributed by atoms with E-state index in [9.17, 15) is 14.4 Å². The maximum atomic E-state index is 12.8. The van der Waals surface area contributed by atoms with Crippen molar-refractivity contribution >= 4 is 23.4 Å². The van der Waals surface area contributed by atoms with Gasteiger partial charge in [-0.25, -0.2) is 5.43 Å². The largest absolute Gasteiger partial charge is 0.335 e. The van der Waals surface area contributed by atoms with Gasteiger partial charge in [-0.1, -0.05) is 6.07 Å². The summed E-state index contributed by atoms with van der Waals surface area (Å²) in [6.07, 6.45) is 3.99. The summed E-state index contributed by atoms with van der Waals surface area (Å²) < 4.78 is 0. The average Bonchev–Trinajstić information content (AvgIpc) is 3.15. The monoisotopic (exact) mass is 354 g/mol. The standard InChI is InChI=1S/C19H22N4O3/c24-17-7-6-16(20-21-17)19(26)23-10-8-22(9-11-23)18(25)15-5-4-13-2-1-3-14(13)12-15/h4-5,12H,1-3,6-11H2,(H,21,24). The molecule has 0 unspecified atom stereocenters. The van der Waals surface area contributed by atoms with E-state index in [0.717, 1.165) is 24.8 Å². The Morgan fingerprint density at radius 1 is 0.885 bits per heavy atom. The van der Waals surface area contributed by atoms with Crippen LogP contribution in [0, 0.1) is 0 Å². The molecule has 4 rings (SSSR count). The summed E-state index contributed by atoms with van der Waals surface area (Å²) in [6, 6.07) is 6.02. The third-order valence-electron chi connectivity index (χ3n) is 5.35. The molecule has 136 valence electrons. The summed E-state index contributed by atoms with van der Waals surface area (Å²) >= 11 is 0. The molecule has 0 radical (unpaired) electrons. The van der Waals surface area contributed by atoms with Crippen molar-refractivity contribution in [3.05, 3.63) is 34.9 Å². The van der Waals surface area contributed by atoms with Crippen LogP contribution in [0.15, 0.2) is 23.3 Å². The number of benzene rings is 1. The van der Waals surface area contributed by atoms with Crippen molar-refractivity contribution < 1.29 is 14.4 Å². The molecule has 2 heterocycles. The fourth-order valence-electron chi connectivity index (χ4n) is 3.81. The van der Waals surface area contributed by atoms with Crippen LogP contribution in [0.2, 0.25) is 0 Å². The summed E-state index contributed by atoms with van der Waals surface area (Å²) in [5.74, 6) is -0.269. The van der Waals surface area contributed by atoms with E-state index in [1.165, 1.54) is 11.1 Å². The Hall–Kier alpha value is -2.70. The van der Waals surface area contributed by atoms with E-state index in [1.807, 2.05) is 17.0 Å². The maximum absolute atomic E-state index is 12.8. The van der Waals surface area contributed by atoms with Gasteiger partial charge in [-0.15, -0.1) is 0 Å². The second-order valence-corrected chi connectivity index (χ2v) is 7.01. The molecular formula is C19H22N4O3. The Bertz CT molecular complexity index is 794. The molecule has 1 saturated heterocycles. The summed E-state index contributed by atoms with van der Waals surface area (Å²) in [6.45, 7) is 2.01. The highest BCUT2D eigenvalue weighted by Gasteiger charge is 2.29. The summed E-state index contributed by atoms with van der Waals surface area (Å²) in [5.41, 5.74) is 6.14. The highest BCUT2D eigenvalue weighted by molar-refractivity contribution is 6.39. The lowest BCUT2D eigenvalue weighted by molar-refractivity contribution is -0.126. The topological polar surface area (TPSA) is 82.1 Å². The van der Waals surface area contributed by atoms with Gasteiger partial charge in [0.2, 0.25) is 5.91 Å². The van der Waals surface area contributed by atoms with Gasteiger partial charge < -0.3 is 9.80 Å². The van der Waals surface area contributed by atoms with Crippen LogP contribution in [0.5, 0.6) is 0 Å². The molecule has 1 N–H and O–H groups in total. The number of hydrogen-bond acceptors (Lipinski definition) is 4. The van der Waals surface area contributed by atoms with Crippen LogP contribution in [0.4, 0.5) is 0 Å². The van der Waals surface area contributed by atoms with Crippen molar-refractivity contribution in [3.8, 4) is 0 Å². The first kappa shape index (κ1) is 16.8. The third-order valence-corrected chi connectivity index (χ3v) is 5.35. The maximum Gasteiger partial charge on any atom is 0.270 e. The van der Waals surface area contributed by atoms with E-state index in [1.54, 1.807) is 4.90 Å². The number of aryl methyl sites for hydroxylation is 2. The lowest BCUT2D eigenvalue weighted by Crippen LogP contribution is -2.52. The zero-order valence-corrected chi connectivity index (χ0v) is 14.7. The number of amides is 3. The van der Waals surface area contributed by atoms with E-state index < -0.39 is 0 Å². The fourth-order valence-corrected chi connectivity index (χ4v) is 3.81. The molecule has 0 spiro atoms. The van der Waals surface area contributed by atoms with Crippen LogP contribution >= 0.6 is 0 Å². The van der Waals surface area contributed by atoms with Gasteiger partial charge in [0.1, 0.15) is 5.71 Å². The van der Waals surface area contributed by atoms with E-state index in [2.05, 4.69) is 16.6 Å². The molecular weight excluding hydrogens is 332 g/mol. The van der Waals surface area contributed by atoms with Crippen LogP contribution in [-0.2, 0) is 22.4 Å². The number of nitrogens with one attached hydrogen (secondary N) is 1. The summed E-state index contributed by atoms with van der Waals surface area (Å²) in [7, 11) is 0. The van der Waals surface area contributed by atoms with Gasteiger partial charge in [0.25, 0.3) is 11.8 Å². The molecule has 0 aromatic heterocycles. The molecule has 2 aliphatic heterocycles. The average molecular weight is 354 g/mol. The van der Waals surface area contributed by atoms with Crippen molar-refractivity contribution in [1.82, 2.24) is 15.2 Å². The van der Waals surface area contributed by atoms with E-state index >= 15 is 0 Å². The SMILES string of the molecule is O=C1CCC(C(=O)N2CCN(C(=O)c3ccc4c(c3)CCC4)CC2)=NN1. The number of carbonyl (C=O) groups is 3. The summed E-state index contributed by atoms with van der Waals surface area (Å²) in [5, 5.41) is 3.87. The number of piperazine rings is 1. The van der Waals surface area contributed by atoms with Gasteiger partial charge in [0.05, 0.1) is 0 Å². The van der Waals surface area contributed by atoms with Crippen LogP contribution in [0.25, 0.3) is 0 Å². The lowest BCUT2D eigenvalue weighted by Gasteiger charge is -2.35. The molecule has 1 aromatic carbocycles. The van der Waals surface area contributed by atoms with Gasteiger partial charge in [-0.2, -0.15) is 5.10 Å². The smallest absolute Gasteiger partial charge is 0.270 e. The molecule has 0 bridgehead atoms. The third kappa shape index (κ3) is 3.21. The number of nitrogens with zero attached hydrogens (tertiary/aromatic N) is 3. The van der Waals surface area contributed by atoms with Gasteiger partial charge in [0, 0.05) is 44.6 Å². The molecule has 1 fully saturated rings. The molecule has 1 aromatic rings. The number of carbonyl (C=O) groups excluding carboxylic acids is 3. The van der Waals surface area contributed by atoms with Crippen LogP contribution in [0.1, 0.15) is 40.7 Å². The Morgan fingerprint density at radius 3 is 2.27 bits per heavy atom. The first-order valence-electron chi connectivity index (χ1n) is 9.17. The first-order valence-corrected chi connectivity index (χ1v) is 9.17. The molecule has 0 saturated carbocycles. The predicted octanol–water partition coefficient (Wildman–Crippen LogP) is 0.726. The highest BCUT2D eigenvalue weighted by atomic mass is 16.2. The van der Waals surface area contributed by atoms with E-state index in [-0.39, 0.29) is 17.7 Å². The summed E-state index contributed by atoms with van der Waals surface area (Å²) in [4.78, 5) is 39.9. The van der Waals surface area contributed by atoms with Crippen LogP contribution < -0.4 is 5.43 Å². The zero-order chi connectivity index (χ0) is 18.1. The molecule has 1 aliphatic carbocycles. The molecule has 7 nitrogen and oxygen atoms in total. The number of rotatable bonds is 2. The van der Waals surface area contributed by atoms with Gasteiger partial charge >= 0.3 is 0 Å². The van der Waals surface area contributed by atoms with E-state index in [0.29, 0.717) is 44.7 Å². The number of fused-ring (bicyclic) bond motifs is 1. The predicted molar refractivity (Wildman–Crippen MR) is 95.8 cm³/mol. The molecule has 0 atom stereocenters. The minimum atomic E-state index is -0.161. The van der Waals surface area contributed by atoms with E-state index in [4.69, 9.17) is 0 Å². The minimum Gasteiger partial charge on any atom is -0.335 e. The Labute approximate surface area is 152 Å². The molecule has 3 aliphatic rings. The Balaban J connectivity index is 1.36. The Kier molecular flexibility index (Phi) is 4.44. The highest BCUT2D eigenvalue weighted by Crippen LogP contribution is 2.23. The van der Waals surface area contributed by atoms with Crippen molar-refractivity contribution in [2.75, 3.05) is 26.2 Å². The second-order valence-electron chi connectivity index (χ2n) is 7.01. The normalized spacial score (nSPS) is 19.7.